The molecule has 96 valence electrons. The molecule has 1 heterocycles. The molecule has 0 aliphatic rings. The Morgan fingerprint density at radius 1 is 0.650 bits per heavy atom. The van der Waals surface area contributed by atoms with Gasteiger partial charge in [-0.25, -0.2) is 0 Å². The zero-order valence-electron chi connectivity index (χ0n) is 10.6. The molecule has 0 N–H and O–H groups in total. The quantitative estimate of drug-likeness (QED) is 0.372. The molecule has 0 spiro atoms. The maximum atomic E-state index is 3.55. The van der Waals surface area contributed by atoms with Crippen LogP contribution in [0.25, 0.3) is 31.3 Å². The average molecular weight is 339 g/mol. The lowest BCUT2D eigenvalue weighted by Crippen LogP contribution is -1.75. The van der Waals surface area contributed by atoms with Gasteiger partial charge in [0.15, 0.2) is 0 Å². The van der Waals surface area contributed by atoms with Gasteiger partial charge in [0.05, 0.1) is 0 Å². The second-order valence-corrected chi connectivity index (χ2v) is 6.82. The minimum absolute atomic E-state index is 1.14. The maximum Gasteiger partial charge on any atom is 0.0366 e. The summed E-state index contributed by atoms with van der Waals surface area (Å²) in [5.74, 6) is 0. The van der Waals surface area contributed by atoms with Gasteiger partial charge < -0.3 is 0 Å². The molecule has 0 saturated heterocycles. The second kappa shape index (κ2) is 4.72. The van der Waals surface area contributed by atoms with Gasteiger partial charge in [0.25, 0.3) is 0 Å². The lowest BCUT2D eigenvalue weighted by atomic mass is 10.0. The van der Waals surface area contributed by atoms with Gasteiger partial charge in [-0.15, -0.1) is 11.3 Å². The van der Waals surface area contributed by atoms with Crippen LogP contribution in [0.4, 0.5) is 0 Å². The van der Waals surface area contributed by atoms with Crippen LogP contribution in [0.3, 0.4) is 0 Å². The number of fused-ring (bicyclic) bond motifs is 3. The summed E-state index contributed by atoms with van der Waals surface area (Å²) in [4.78, 5) is 0. The van der Waals surface area contributed by atoms with Gasteiger partial charge in [0.2, 0.25) is 0 Å². The highest BCUT2D eigenvalue weighted by Crippen LogP contribution is 2.37. The Morgan fingerprint density at radius 3 is 2.15 bits per heavy atom. The van der Waals surface area contributed by atoms with Crippen molar-refractivity contribution in [1.82, 2.24) is 0 Å². The van der Waals surface area contributed by atoms with Crippen LogP contribution in [-0.4, -0.2) is 0 Å². The van der Waals surface area contributed by atoms with Crippen LogP contribution in [0.15, 0.2) is 71.2 Å². The fourth-order valence-corrected chi connectivity index (χ4v) is 4.26. The number of hydrogen-bond donors (Lipinski definition) is 0. The molecule has 0 bridgehead atoms. The van der Waals surface area contributed by atoms with E-state index in [1.165, 1.54) is 31.3 Å². The Morgan fingerprint density at radius 2 is 1.35 bits per heavy atom. The molecule has 0 saturated carbocycles. The maximum absolute atomic E-state index is 3.55. The van der Waals surface area contributed by atoms with Crippen LogP contribution in [-0.2, 0) is 0 Å². The molecule has 4 aromatic rings. The van der Waals surface area contributed by atoms with Gasteiger partial charge in [0.1, 0.15) is 0 Å². The van der Waals surface area contributed by atoms with E-state index in [4.69, 9.17) is 0 Å². The summed E-state index contributed by atoms with van der Waals surface area (Å²) >= 11 is 5.40. The van der Waals surface area contributed by atoms with E-state index in [0.717, 1.165) is 4.47 Å². The van der Waals surface area contributed by atoms with E-state index in [1.54, 1.807) is 0 Å². The Bertz CT molecular complexity index is 907. The van der Waals surface area contributed by atoms with Gasteiger partial charge >= 0.3 is 0 Å². The average Bonchev–Trinajstić information content (AvgIpc) is 2.84. The first-order valence-corrected chi connectivity index (χ1v) is 8.09. The summed E-state index contributed by atoms with van der Waals surface area (Å²) in [6, 6.07) is 23.8. The zero-order valence-corrected chi connectivity index (χ0v) is 13.0. The number of benzene rings is 3. The molecule has 3 aromatic carbocycles. The first-order valence-electron chi connectivity index (χ1n) is 6.48. The molecule has 0 fully saturated rings. The van der Waals surface area contributed by atoms with Crippen molar-refractivity contribution in [2.75, 3.05) is 0 Å². The van der Waals surface area contributed by atoms with Crippen LogP contribution in [0.5, 0.6) is 0 Å². The highest BCUT2D eigenvalue weighted by atomic mass is 79.9. The van der Waals surface area contributed by atoms with Gasteiger partial charge in [0, 0.05) is 24.6 Å². The summed E-state index contributed by atoms with van der Waals surface area (Å²) in [6.45, 7) is 0. The van der Waals surface area contributed by atoms with Crippen LogP contribution in [0, 0.1) is 0 Å². The normalized spacial score (nSPS) is 11.2. The van der Waals surface area contributed by atoms with Crippen molar-refractivity contribution < 1.29 is 0 Å². The fraction of sp³-hybridized carbons (Fsp3) is 0. The predicted octanol–water partition coefficient (Wildman–Crippen LogP) is 6.48. The molecule has 0 nitrogen and oxygen atoms in total. The van der Waals surface area contributed by atoms with E-state index in [1.807, 2.05) is 11.3 Å². The van der Waals surface area contributed by atoms with Gasteiger partial charge in [-0.1, -0.05) is 64.5 Å². The molecule has 0 radical (unpaired) electrons. The Labute approximate surface area is 129 Å². The third-order valence-electron chi connectivity index (χ3n) is 3.54. The minimum Gasteiger partial charge on any atom is -0.135 e. The zero-order chi connectivity index (χ0) is 13.5. The predicted molar refractivity (Wildman–Crippen MR) is 92.5 cm³/mol. The van der Waals surface area contributed by atoms with Crippen molar-refractivity contribution in [3.63, 3.8) is 0 Å². The van der Waals surface area contributed by atoms with E-state index in [0.29, 0.717) is 0 Å². The topological polar surface area (TPSA) is 0 Å². The molecule has 4 rings (SSSR count). The standard InChI is InChI=1S/C18H11BrS/c19-14-7-9-16-15-8-6-13(12-4-2-1-3-5-12)10-17(15)20-18(16)11-14/h1-11H. The van der Waals surface area contributed by atoms with Gasteiger partial charge in [-0.2, -0.15) is 0 Å². The lowest BCUT2D eigenvalue weighted by Gasteiger charge is -2.01. The fourth-order valence-electron chi connectivity index (χ4n) is 2.56. The monoisotopic (exact) mass is 338 g/mol. The van der Waals surface area contributed by atoms with Crippen molar-refractivity contribution in [3.05, 3.63) is 71.2 Å². The van der Waals surface area contributed by atoms with Crippen LogP contribution in [0.1, 0.15) is 0 Å². The summed E-state index contributed by atoms with van der Waals surface area (Å²) in [5.41, 5.74) is 2.55. The Hall–Kier alpha value is -1.64. The third kappa shape index (κ3) is 1.96. The molecule has 0 amide bonds. The van der Waals surface area contributed by atoms with E-state index in [-0.39, 0.29) is 0 Å². The first kappa shape index (κ1) is 12.1. The molecule has 0 atom stereocenters. The van der Waals surface area contributed by atoms with Crippen LogP contribution >= 0.6 is 27.3 Å². The SMILES string of the molecule is Brc1ccc2c(c1)sc1cc(-c3ccccc3)ccc12. The summed E-state index contributed by atoms with van der Waals surface area (Å²) in [7, 11) is 0. The molecule has 1 aromatic heterocycles. The molecular formula is C18H11BrS. The van der Waals surface area contributed by atoms with E-state index < -0.39 is 0 Å². The second-order valence-electron chi connectivity index (χ2n) is 4.82. The van der Waals surface area contributed by atoms with Crippen molar-refractivity contribution in [2.24, 2.45) is 0 Å². The first-order chi connectivity index (χ1) is 9.81. The highest BCUT2D eigenvalue weighted by molar-refractivity contribution is 9.10. The highest BCUT2D eigenvalue weighted by Gasteiger charge is 2.06. The van der Waals surface area contributed by atoms with Crippen molar-refractivity contribution in [2.45, 2.75) is 0 Å². The molecule has 2 heteroatoms. The van der Waals surface area contributed by atoms with Crippen LogP contribution in [0.2, 0.25) is 0 Å². The molecule has 20 heavy (non-hydrogen) atoms. The summed E-state index contributed by atoms with van der Waals surface area (Å²) < 4.78 is 3.82. The van der Waals surface area contributed by atoms with Crippen molar-refractivity contribution in [3.8, 4) is 11.1 Å². The van der Waals surface area contributed by atoms with Gasteiger partial charge in [-0.05, 0) is 29.3 Å². The van der Waals surface area contributed by atoms with Crippen molar-refractivity contribution in [1.29, 1.82) is 0 Å². The number of thiophene rings is 1. The van der Waals surface area contributed by atoms with Gasteiger partial charge in [-0.3, -0.25) is 0 Å². The third-order valence-corrected chi connectivity index (χ3v) is 5.15. The Kier molecular flexibility index (Phi) is 2.86. The number of halogens is 1. The van der Waals surface area contributed by atoms with Crippen molar-refractivity contribution >= 4 is 47.4 Å². The summed E-state index contributed by atoms with van der Waals surface area (Å²) in [6.07, 6.45) is 0. The number of rotatable bonds is 1. The smallest absolute Gasteiger partial charge is 0.0366 e. The van der Waals surface area contributed by atoms with E-state index >= 15 is 0 Å². The molecule has 0 aliphatic heterocycles. The molecule has 0 unspecified atom stereocenters. The lowest BCUT2D eigenvalue weighted by molar-refractivity contribution is 1.66. The molecule has 0 aliphatic carbocycles. The largest absolute Gasteiger partial charge is 0.135 e. The van der Waals surface area contributed by atoms with E-state index in [9.17, 15) is 0 Å². The number of hydrogen-bond acceptors (Lipinski definition) is 1. The van der Waals surface area contributed by atoms with E-state index in [2.05, 4.69) is 82.7 Å². The van der Waals surface area contributed by atoms with Crippen LogP contribution < -0.4 is 0 Å². The Balaban J connectivity index is 1.98. The molecular weight excluding hydrogens is 328 g/mol. The summed E-state index contributed by atoms with van der Waals surface area (Å²) in [5, 5.41) is 2.69. The minimum atomic E-state index is 1.14.